The predicted octanol–water partition coefficient (Wildman–Crippen LogP) is 1.46. The van der Waals surface area contributed by atoms with Gasteiger partial charge >= 0.3 is 0 Å². The molecule has 3 rings (SSSR count). The maximum absolute atomic E-state index is 13.6. The van der Waals surface area contributed by atoms with Crippen molar-refractivity contribution in [2.75, 3.05) is 33.3 Å². The standard InChI is InChI=1S/C26H32N2O4/c1-6-27(7-2)14-15-28-23(19-10-8-17(3)9-11-19)22(25(30)26(28)31)24(29)21-13-12-20(32-5)16-18(21)4/h8-13,16,23,29H,6-7,14-15H2,1-5H3/b24-22+. The van der Waals surface area contributed by atoms with E-state index in [9.17, 15) is 14.7 Å². The summed E-state index contributed by atoms with van der Waals surface area (Å²) < 4.78 is 5.24. The molecule has 6 nitrogen and oxygen atoms in total. The second kappa shape index (κ2) is 10.0. The zero-order chi connectivity index (χ0) is 23.4. The summed E-state index contributed by atoms with van der Waals surface area (Å²) in [5.74, 6) is -1.06. The number of methoxy groups -OCH3 is 1. The van der Waals surface area contributed by atoms with E-state index in [1.807, 2.05) is 31.2 Å². The van der Waals surface area contributed by atoms with Crippen molar-refractivity contribution in [3.8, 4) is 5.75 Å². The molecule has 1 unspecified atom stereocenters. The van der Waals surface area contributed by atoms with Crippen LogP contribution in [-0.2, 0) is 9.59 Å². The number of aryl methyl sites for hydroxylation is 2. The molecule has 1 N–H and O–H groups in total. The Labute approximate surface area is 190 Å². The molecule has 0 saturated carbocycles. The molecule has 0 bridgehead atoms. The molecule has 1 fully saturated rings. The summed E-state index contributed by atoms with van der Waals surface area (Å²) in [6.45, 7) is 11.0. The molecule has 2 aromatic carbocycles. The number of likely N-dealkylation sites (tertiary alicyclic amines) is 1. The number of rotatable bonds is 8. The smallest absolute Gasteiger partial charge is 0.295 e. The first kappa shape index (κ1) is 23.5. The number of ether oxygens (including phenoxy) is 1. The van der Waals surface area contributed by atoms with Gasteiger partial charge in [0.1, 0.15) is 5.75 Å². The van der Waals surface area contributed by atoms with E-state index in [0.29, 0.717) is 23.4 Å². The number of nitrogens with one attached hydrogen (secondary N) is 1. The minimum absolute atomic E-state index is 0.0293. The van der Waals surface area contributed by atoms with Crippen LogP contribution in [0.1, 0.15) is 42.1 Å². The Hall–Kier alpha value is -3.12. The van der Waals surface area contributed by atoms with Crippen molar-refractivity contribution >= 4 is 17.4 Å². The van der Waals surface area contributed by atoms with E-state index in [0.717, 1.165) is 30.8 Å². The third kappa shape index (κ3) is 4.55. The van der Waals surface area contributed by atoms with Crippen molar-refractivity contribution < 1.29 is 24.3 Å². The Kier molecular flexibility index (Phi) is 7.36. The van der Waals surface area contributed by atoms with E-state index in [4.69, 9.17) is 4.74 Å². The largest absolute Gasteiger partial charge is 0.872 e. The van der Waals surface area contributed by atoms with Crippen LogP contribution < -0.4 is 14.7 Å². The molecular formula is C26H32N2O4. The highest BCUT2D eigenvalue weighted by Crippen LogP contribution is 2.39. The van der Waals surface area contributed by atoms with Gasteiger partial charge < -0.3 is 19.6 Å². The number of benzene rings is 2. The molecule has 2 aromatic rings. The third-order valence-electron chi connectivity index (χ3n) is 6.31. The van der Waals surface area contributed by atoms with Gasteiger partial charge in [-0.15, -0.1) is 0 Å². The topological polar surface area (TPSA) is 74.1 Å². The number of carbonyl (C=O) groups is 2. The fourth-order valence-electron chi connectivity index (χ4n) is 4.24. The number of likely N-dealkylation sites (N-methyl/N-ethyl adjacent to an activating group) is 1. The van der Waals surface area contributed by atoms with Gasteiger partial charge in [-0.1, -0.05) is 41.7 Å². The molecule has 6 heteroatoms. The molecule has 1 atom stereocenters. The fourth-order valence-corrected chi connectivity index (χ4v) is 4.24. The van der Waals surface area contributed by atoms with Crippen LogP contribution in [0.5, 0.6) is 5.75 Å². The first-order valence-electron chi connectivity index (χ1n) is 11.1. The summed E-state index contributed by atoms with van der Waals surface area (Å²) in [7, 11) is 1.56. The van der Waals surface area contributed by atoms with Crippen LogP contribution in [0, 0.1) is 13.8 Å². The molecule has 1 aliphatic heterocycles. The quantitative estimate of drug-likeness (QED) is 0.386. The van der Waals surface area contributed by atoms with Crippen molar-refractivity contribution in [3.05, 3.63) is 70.3 Å². The summed E-state index contributed by atoms with van der Waals surface area (Å²) in [6, 6.07) is 12.1. The van der Waals surface area contributed by atoms with Crippen molar-refractivity contribution in [1.29, 1.82) is 0 Å². The average Bonchev–Trinajstić information content (AvgIpc) is 3.04. The molecule has 0 radical (unpaired) electrons. The molecule has 1 aliphatic rings. The summed E-state index contributed by atoms with van der Waals surface area (Å²) >= 11 is 0. The summed E-state index contributed by atoms with van der Waals surface area (Å²) in [5, 5.41) is 13.6. The normalized spacial score (nSPS) is 17.9. The van der Waals surface area contributed by atoms with Crippen LogP contribution >= 0.6 is 0 Å². The van der Waals surface area contributed by atoms with Crippen LogP contribution in [0.3, 0.4) is 0 Å². The average molecular weight is 437 g/mol. The highest BCUT2D eigenvalue weighted by Gasteiger charge is 2.44. The number of Topliss-reactive ketones (excluding diaryl/α,β-unsaturated/α-hetero) is 1. The second-order valence-corrected chi connectivity index (χ2v) is 8.27. The Balaban J connectivity index is 2.12. The van der Waals surface area contributed by atoms with Gasteiger partial charge in [-0.2, -0.15) is 0 Å². The van der Waals surface area contributed by atoms with Crippen LogP contribution in [0.15, 0.2) is 48.0 Å². The zero-order valence-electron chi connectivity index (χ0n) is 19.5. The number of amides is 1. The maximum atomic E-state index is 13.6. The van der Waals surface area contributed by atoms with Crippen molar-refractivity contribution in [2.45, 2.75) is 33.7 Å². The summed E-state index contributed by atoms with van der Waals surface area (Å²) in [5.41, 5.74) is 2.99. The van der Waals surface area contributed by atoms with E-state index >= 15 is 0 Å². The SMILES string of the molecule is CC[NH+](CC)CCN1C(=O)C(=O)/C(=C(/[O-])c2ccc(OC)cc2C)C1c1ccc(C)cc1. The van der Waals surface area contributed by atoms with E-state index < -0.39 is 23.5 Å². The van der Waals surface area contributed by atoms with Gasteiger partial charge in [-0.05, 0) is 56.5 Å². The minimum Gasteiger partial charge on any atom is -0.872 e. The first-order valence-corrected chi connectivity index (χ1v) is 11.1. The molecule has 1 saturated heterocycles. The summed E-state index contributed by atoms with van der Waals surface area (Å²) in [6.07, 6.45) is 0. The van der Waals surface area contributed by atoms with Crippen molar-refractivity contribution in [3.63, 3.8) is 0 Å². The van der Waals surface area contributed by atoms with Gasteiger partial charge in [-0.3, -0.25) is 9.59 Å². The van der Waals surface area contributed by atoms with E-state index in [2.05, 4.69) is 13.8 Å². The molecule has 1 heterocycles. The van der Waals surface area contributed by atoms with Gasteiger partial charge in [0, 0.05) is 5.57 Å². The molecule has 32 heavy (non-hydrogen) atoms. The van der Waals surface area contributed by atoms with E-state index in [1.165, 1.54) is 4.90 Å². The lowest BCUT2D eigenvalue weighted by Crippen LogP contribution is -3.12. The Morgan fingerprint density at radius 1 is 1.06 bits per heavy atom. The lowest BCUT2D eigenvalue weighted by molar-refractivity contribution is -0.895. The number of ketones is 1. The van der Waals surface area contributed by atoms with Gasteiger partial charge in [0.05, 0.1) is 39.3 Å². The van der Waals surface area contributed by atoms with Crippen molar-refractivity contribution in [2.24, 2.45) is 0 Å². The molecular weight excluding hydrogens is 404 g/mol. The van der Waals surface area contributed by atoms with Gasteiger partial charge in [-0.25, -0.2) is 0 Å². The van der Waals surface area contributed by atoms with Gasteiger partial charge in [0.2, 0.25) is 5.78 Å². The number of carbonyl (C=O) groups excluding carboxylic acids is 2. The lowest BCUT2D eigenvalue weighted by atomic mass is 9.93. The lowest BCUT2D eigenvalue weighted by Gasteiger charge is -2.29. The first-order chi connectivity index (χ1) is 15.3. The van der Waals surface area contributed by atoms with Gasteiger partial charge in [0.25, 0.3) is 5.91 Å². The molecule has 0 aromatic heterocycles. The highest BCUT2D eigenvalue weighted by atomic mass is 16.5. The summed E-state index contributed by atoms with van der Waals surface area (Å²) in [4.78, 5) is 29.1. The van der Waals surface area contributed by atoms with Crippen LogP contribution in [0.2, 0.25) is 0 Å². The predicted molar refractivity (Wildman–Crippen MR) is 122 cm³/mol. The molecule has 0 spiro atoms. The third-order valence-corrected chi connectivity index (χ3v) is 6.31. The van der Waals surface area contributed by atoms with Crippen molar-refractivity contribution in [1.82, 2.24) is 4.90 Å². The van der Waals surface area contributed by atoms with E-state index in [-0.39, 0.29) is 5.57 Å². The number of hydrogen-bond donors (Lipinski definition) is 1. The zero-order valence-corrected chi connectivity index (χ0v) is 19.5. The molecule has 0 aliphatic carbocycles. The highest BCUT2D eigenvalue weighted by molar-refractivity contribution is 6.46. The number of hydrogen-bond acceptors (Lipinski definition) is 4. The van der Waals surface area contributed by atoms with Crippen LogP contribution in [0.25, 0.3) is 5.76 Å². The molecule has 170 valence electrons. The Bertz CT molecular complexity index is 1020. The maximum Gasteiger partial charge on any atom is 0.295 e. The van der Waals surface area contributed by atoms with Crippen LogP contribution in [0.4, 0.5) is 0 Å². The van der Waals surface area contributed by atoms with E-state index in [1.54, 1.807) is 37.1 Å². The number of nitrogens with zero attached hydrogens (tertiary/aromatic N) is 1. The second-order valence-electron chi connectivity index (χ2n) is 8.27. The fraction of sp³-hybridized carbons (Fsp3) is 0.385. The number of quaternary nitrogens is 1. The van der Waals surface area contributed by atoms with Gasteiger partial charge in [0.15, 0.2) is 0 Å². The Morgan fingerprint density at radius 2 is 1.72 bits per heavy atom. The van der Waals surface area contributed by atoms with Crippen LogP contribution in [-0.4, -0.2) is 49.9 Å². The monoisotopic (exact) mass is 436 g/mol. The minimum atomic E-state index is -0.703. The molecule has 1 amide bonds. The Morgan fingerprint density at radius 3 is 2.28 bits per heavy atom.